The lowest BCUT2D eigenvalue weighted by molar-refractivity contribution is 0.410. The Hall–Kier alpha value is -1.58. The van der Waals surface area contributed by atoms with Crippen LogP contribution in [0.15, 0.2) is 29.3 Å². The summed E-state index contributed by atoms with van der Waals surface area (Å²) in [6, 6.07) is 7.31. The van der Waals surface area contributed by atoms with Gasteiger partial charge < -0.3 is 10.6 Å². The topological polar surface area (TPSA) is 36.4 Å². The molecule has 20 heavy (non-hydrogen) atoms. The van der Waals surface area contributed by atoms with Gasteiger partial charge in [-0.15, -0.1) is 0 Å². The Kier molecular flexibility index (Phi) is 5.84. The highest BCUT2D eigenvalue weighted by Crippen LogP contribution is 2.17. The summed E-state index contributed by atoms with van der Waals surface area (Å²) in [5, 5.41) is 6.70. The van der Waals surface area contributed by atoms with Crippen LogP contribution in [0, 0.1) is 5.82 Å². The zero-order valence-electron chi connectivity index (χ0n) is 12.2. The number of hydrogen-bond donors (Lipinski definition) is 2. The normalized spacial score (nSPS) is 17.0. The Balaban J connectivity index is 1.96. The smallest absolute Gasteiger partial charge is 0.191 e. The van der Waals surface area contributed by atoms with Gasteiger partial charge in [-0.1, -0.05) is 37.5 Å². The van der Waals surface area contributed by atoms with E-state index in [1.807, 2.05) is 13.0 Å². The monoisotopic (exact) mass is 277 g/mol. The van der Waals surface area contributed by atoms with Crippen LogP contribution < -0.4 is 10.6 Å². The third-order valence-corrected chi connectivity index (χ3v) is 3.66. The molecule has 0 spiro atoms. The lowest BCUT2D eigenvalue weighted by Gasteiger charge is -2.24. The summed E-state index contributed by atoms with van der Waals surface area (Å²) in [7, 11) is 0. The zero-order chi connectivity index (χ0) is 14.2. The molecule has 4 heteroatoms. The van der Waals surface area contributed by atoms with E-state index in [4.69, 9.17) is 0 Å². The Bertz CT molecular complexity index is 439. The van der Waals surface area contributed by atoms with E-state index in [1.165, 1.54) is 38.2 Å². The molecule has 0 heterocycles. The first kappa shape index (κ1) is 14.8. The van der Waals surface area contributed by atoms with Crippen molar-refractivity contribution in [1.29, 1.82) is 0 Å². The third-order valence-electron chi connectivity index (χ3n) is 3.66. The highest BCUT2D eigenvalue weighted by Gasteiger charge is 2.14. The first-order valence-electron chi connectivity index (χ1n) is 7.58. The van der Waals surface area contributed by atoms with E-state index in [-0.39, 0.29) is 5.82 Å². The van der Waals surface area contributed by atoms with Gasteiger partial charge >= 0.3 is 0 Å². The Morgan fingerprint density at radius 2 is 2.00 bits per heavy atom. The fourth-order valence-electron chi connectivity index (χ4n) is 2.55. The minimum atomic E-state index is -0.190. The highest BCUT2D eigenvalue weighted by atomic mass is 19.1. The molecular weight excluding hydrogens is 253 g/mol. The standard InChI is InChI=1S/C16H24FN3/c1-2-18-16(20-14-9-4-3-5-10-14)19-12-13-8-6-7-11-15(13)17/h6-8,11,14H,2-5,9-10,12H2,1H3,(H2,18,19,20). The van der Waals surface area contributed by atoms with Crippen LogP contribution in [0.3, 0.4) is 0 Å². The van der Waals surface area contributed by atoms with Crippen LogP contribution in [0.25, 0.3) is 0 Å². The lowest BCUT2D eigenvalue weighted by atomic mass is 9.96. The molecule has 0 saturated heterocycles. The molecule has 1 aromatic carbocycles. The van der Waals surface area contributed by atoms with Gasteiger partial charge in [-0.25, -0.2) is 9.38 Å². The second-order valence-electron chi connectivity index (χ2n) is 5.27. The SMILES string of the molecule is CCNC(=NCc1ccccc1F)NC1CCCCC1. The predicted molar refractivity (Wildman–Crippen MR) is 81.2 cm³/mol. The number of guanidine groups is 1. The average molecular weight is 277 g/mol. The number of rotatable bonds is 4. The Morgan fingerprint density at radius 1 is 1.25 bits per heavy atom. The van der Waals surface area contributed by atoms with E-state index >= 15 is 0 Å². The molecule has 1 aromatic rings. The first-order chi connectivity index (χ1) is 9.79. The van der Waals surface area contributed by atoms with Gasteiger partial charge in [-0.05, 0) is 25.8 Å². The van der Waals surface area contributed by atoms with Crippen LogP contribution in [0.5, 0.6) is 0 Å². The Morgan fingerprint density at radius 3 is 2.70 bits per heavy atom. The third kappa shape index (κ3) is 4.51. The summed E-state index contributed by atoms with van der Waals surface area (Å²) in [5.74, 6) is 0.604. The van der Waals surface area contributed by atoms with E-state index < -0.39 is 0 Å². The molecule has 110 valence electrons. The molecular formula is C16H24FN3. The zero-order valence-corrected chi connectivity index (χ0v) is 12.2. The minimum absolute atomic E-state index is 0.190. The summed E-state index contributed by atoms with van der Waals surface area (Å²) < 4.78 is 13.6. The number of halogens is 1. The largest absolute Gasteiger partial charge is 0.357 e. The lowest BCUT2D eigenvalue weighted by Crippen LogP contribution is -2.44. The molecule has 1 fully saturated rings. The van der Waals surface area contributed by atoms with Gasteiger partial charge in [-0.2, -0.15) is 0 Å². The quantitative estimate of drug-likeness (QED) is 0.655. The summed E-state index contributed by atoms with van der Waals surface area (Å²) in [6.45, 7) is 3.23. The maximum atomic E-state index is 13.6. The predicted octanol–water partition coefficient (Wildman–Crippen LogP) is 3.21. The van der Waals surface area contributed by atoms with E-state index in [0.29, 0.717) is 18.2 Å². The Labute approximate surface area is 120 Å². The van der Waals surface area contributed by atoms with Crippen molar-refractivity contribution in [2.45, 2.75) is 51.6 Å². The van der Waals surface area contributed by atoms with Crippen LogP contribution in [-0.2, 0) is 6.54 Å². The second kappa shape index (κ2) is 7.88. The molecule has 1 saturated carbocycles. The molecule has 0 bridgehead atoms. The summed E-state index contributed by atoms with van der Waals surface area (Å²) in [5.41, 5.74) is 0.633. The maximum Gasteiger partial charge on any atom is 0.191 e. The highest BCUT2D eigenvalue weighted by molar-refractivity contribution is 5.80. The molecule has 0 aliphatic heterocycles. The van der Waals surface area contributed by atoms with Crippen molar-refractivity contribution in [3.63, 3.8) is 0 Å². The summed E-state index contributed by atoms with van der Waals surface area (Å²) in [4.78, 5) is 4.49. The van der Waals surface area contributed by atoms with E-state index in [0.717, 1.165) is 12.5 Å². The second-order valence-corrected chi connectivity index (χ2v) is 5.27. The fraction of sp³-hybridized carbons (Fsp3) is 0.562. The van der Waals surface area contributed by atoms with Gasteiger partial charge in [0.2, 0.25) is 0 Å². The van der Waals surface area contributed by atoms with Crippen molar-refractivity contribution < 1.29 is 4.39 Å². The molecule has 2 N–H and O–H groups in total. The molecule has 1 aliphatic rings. The molecule has 3 nitrogen and oxygen atoms in total. The maximum absolute atomic E-state index is 13.6. The van der Waals surface area contributed by atoms with Gasteiger partial charge in [0.05, 0.1) is 6.54 Å². The molecule has 0 unspecified atom stereocenters. The molecule has 0 amide bonds. The van der Waals surface area contributed by atoms with Crippen molar-refractivity contribution >= 4 is 5.96 Å². The molecule has 0 atom stereocenters. The summed E-state index contributed by atoms with van der Waals surface area (Å²) in [6.07, 6.45) is 6.30. The number of aliphatic imine (C=N–C) groups is 1. The summed E-state index contributed by atoms with van der Waals surface area (Å²) >= 11 is 0. The van der Waals surface area contributed by atoms with Crippen molar-refractivity contribution in [1.82, 2.24) is 10.6 Å². The average Bonchev–Trinajstić information content (AvgIpc) is 2.47. The first-order valence-corrected chi connectivity index (χ1v) is 7.58. The van der Waals surface area contributed by atoms with Crippen molar-refractivity contribution in [2.24, 2.45) is 4.99 Å². The molecule has 1 aliphatic carbocycles. The van der Waals surface area contributed by atoms with Crippen LogP contribution >= 0.6 is 0 Å². The van der Waals surface area contributed by atoms with Gasteiger partial charge in [0.15, 0.2) is 5.96 Å². The van der Waals surface area contributed by atoms with Crippen LogP contribution in [0.1, 0.15) is 44.6 Å². The fourth-order valence-corrected chi connectivity index (χ4v) is 2.55. The van der Waals surface area contributed by atoms with E-state index in [1.54, 1.807) is 12.1 Å². The van der Waals surface area contributed by atoms with Gasteiger partial charge in [0.1, 0.15) is 5.82 Å². The van der Waals surface area contributed by atoms with Crippen molar-refractivity contribution in [3.05, 3.63) is 35.6 Å². The van der Waals surface area contributed by atoms with Crippen LogP contribution in [0.4, 0.5) is 4.39 Å². The molecule has 0 radical (unpaired) electrons. The minimum Gasteiger partial charge on any atom is -0.357 e. The van der Waals surface area contributed by atoms with Crippen molar-refractivity contribution in [2.75, 3.05) is 6.54 Å². The number of nitrogens with one attached hydrogen (secondary N) is 2. The van der Waals surface area contributed by atoms with Crippen LogP contribution in [-0.4, -0.2) is 18.5 Å². The number of nitrogens with zero attached hydrogens (tertiary/aromatic N) is 1. The van der Waals surface area contributed by atoms with Gasteiger partial charge in [-0.3, -0.25) is 0 Å². The van der Waals surface area contributed by atoms with Crippen LogP contribution in [0.2, 0.25) is 0 Å². The number of hydrogen-bond acceptors (Lipinski definition) is 1. The molecule has 2 rings (SSSR count). The molecule has 0 aromatic heterocycles. The van der Waals surface area contributed by atoms with Gasteiger partial charge in [0, 0.05) is 18.2 Å². The van der Waals surface area contributed by atoms with E-state index in [9.17, 15) is 4.39 Å². The van der Waals surface area contributed by atoms with Gasteiger partial charge in [0.25, 0.3) is 0 Å². The van der Waals surface area contributed by atoms with Crippen molar-refractivity contribution in [3.8, 4) is 0 Å². The number of benzene rings is 1. The van der Waals surface area contributed by atoms with E-state index in [2.05, 4.69) is 15.6 Å².